The molecule has 1 aliphatic carbocycles. The van der Waals surface area contributed by atoms with Crippen molar-refractivity contribution in [2.75, 3.05) is 13.2 Å². The average Bonchev–Trinajstić information content (AvgIpc) is 3.19. The number of carbonyl (C=O) groups is 4. The number of aryl methyl sites for hydroxylation is 2. The number of rotatable bonds is 9. The molecule has 0 fully saturated rings. The molecule has 0 saturated heterocycles. The molecule has 0 aromatic heterocycles. The summed E-state index contributed by atoms with van der Waals surface area (Å²) in [6.45, 7) is 2.82. The summed E-state index contributed by atoms with van der Waals surface area (Å²) in [5, 5.41) is 11.6. The molecule has 37 heavy (non-hydrogen) atoms. The largest absolute Gasteiger partial charge is 0.481 e. The number of ether oxygens (including phenoxy) is 2. The van der Waals surface area contributed by atoms with E-state index in [1.165, 1.54) is 0 Å². The first-order valence-electron chi connectivity index (χ1n) is 11.9. The van der Waals surface area contributed by atoms with E-state index < -0.39 is 42.9 Å². The lowest BCUT2D eigenvalue weighted by Crippen LogP contribution is -2.44. The first-order valence-corrected chi connectivity index (χ1v) is 11.9. The minimum Gasteiger partial charge on any atom is -0.481 e. The van der Waals surface area contributed by atoms with Gasteiger partial charge >= 0.3 is 18.0 Å². The van der Waals surface area contributed by atoms with Crippen molar-refractivity contribution in [2.24, 2.45) is 0 Å². The summed E-state index contributed by atoms with van der Waals surface area (Å²) in [6, 6.07) is 19.6. The van der Waals surface area contributed by atoms with E-state index in [-0.39, 0.29) is 12.5 Å². The minimum atomic E-state index is -1.42. The van der Waals surface area contributed by atoms with Crippen LogP contribution >= 0.6 is 0 Å². The number of fused-ring (bicyclic) bond motifs is 3. The highest BCUT2D eigenvalue weighted by Gasteiger charge is 2.30. The third-order valence-corrected chi connectivity index (χ3v) is 6.43. The summed E-state index contributed by atoms with van der Waals surface area (Å²) >= 11 is 0. The lowest BCUT2D eigenvalue weighted by molar-refractivity contribution is -0.139. The Kier molecular flexibility index (Phi) is 7.67. The fourth-order valence-electron chi connectivity index (χ4n) is 4.65. The van der Waals surface area contributed by atoms with Crippen LogP contribution in [0.2, 0.25) is 0 Å². The molecule has 0 bridgehead atoms. The molecule has 0 radical (unpaired) electrons. The van der Waals surface area contributed by atoms with Crippen molar-refractivity contribution in [3.05, 3.63) is 94.5 Å². The summed E-state index contributed by atoms with van der Waals surface area (Å²) in [5.74, 6) is -2.93. The molecule has 190 valence electrons. The van der Waals surface area contributed by atoms with Crippen molar-refractivity contribution in [1.29, 1.82) is 0 Å². The van der Waals surface area contributed by atoms with Gasteiger partial charge in [-0.15, -0.1) is 0 Å². The Hall–Kier alpha value is -4.46. The molecule has 3 aromatic rings. The summed E-state index contributed by atoms with van der Waals surface area (Å²) in [6.07, 6.45) is -1.60. The first kappa shape index (κ1) is 25.6. The molecule has 0 heterocycles. The van der Waals surface area contributed by atoms with Gasteiger partial charge in [-0.3, -0.25) is 9.59 Å². The second kappa shape index (κ2) is 11.1. The molecular formula is C29H27NO7. The van der Waals surface area contributed by atoms with E-state index in [0.717, 1.165) is 22.3 Å². The topological polar surface area (TPSA) is 119 Å². The highest BCUT2D eigenvalue weighted by molar-refractivity contribution is 5.96. The summed E-state index contributed by atoms with van der Waals surface area (Å²) < 4.78 is 10.6. The van der Waals surface area contributed by atoms with Crippen LogP contribution in [0.1, 0.15) is 45.0 Å². The van der Waals surface area contributed by atoms with Crippen LogP contribution < -0.4 is 5.32 Å². The third-order valence-electron chi connectivity index (χ3n) is 6.43. The molecule has 2 N–H and O–H groups in total. The number of carboxylic acid groups (broad SMARTS) is 1. The molecule has 8 heteroatoms. The van der Waals surface area contributed by atoms with Gasteiger partial charge in [0.25, 0.3) is 0 Å². The Labute approximate surface area is 214 Å². The number of hydrogen-bond donors (Lipinski definition) is 2. The van der Waals surface area contributed by atoms with Crippen LogP contribution in [0, 0.1) is 13.8 Å². The first-order chi connectivity index (χ1) is 17.8. The second-order valence-corrected chi connectivity index (χ2v) is 8.93. The van der Waals surface area contributed by atoms with Crippen LogP contribution in [0.25, 0.3) is 11.1 Å². The van der Waals surface area contributed by atoms with Crippen molar-refractivity contribution in [3.63, 3.8) is 0 Å². The van der Waals surface area contributed by atoms with Gasteiger partial charge in [-0.25, -0.2) is 9.59 Å². The zero-order chi connectivity index (χ0) is 26.5. The predicted octanol–water partition coefficient (Wildman–Crippen LogP) is 4.41. The number of alkyl carbamates (subject to hydrolysis) is 1. The van der Waals surface area contributed by atoms with Crippen LogP contribution in [0.5, 0.6) is 0 Å². The minimum absolute atomic E-state index is 0.00931. The Bertz CT molecular complexity index is 1300. The number of carbonyl (C=O) groups excluding carboxylic acids is 3. The van der Waals surface area contributed by atoms with Gasteiger partial charge in [0.1, 0.15) is 12.6 Å². The summed E-state index contributed by atoms with van der Waals surface area (Å²) in [5.41, 5.74) is 5.90. The maximum absolute atomic E-state index is 12.7. The van der Waals surface area contributed by atoms with Crippen LogP contribution in [0.3, 0.4) is 0 Å². The van der Waals surface area contributed by atoms with Gasteiger partial charge in [0.2, 0.25) is 0 Å². The van der Waals surface area contributed by atoms with Crippen LogP contribution in [0.15, 0.2) is 66.7 Å². The Morgan fingerprint density at radius 3 is 1.97 bits per heavy atom. The van der Waals surface area contributed by atoms with Crippen molar-refractivity contribution >= 4 is 23.8 Å². The number of nitrogens with one attached hydrogen (secondary N) is 1. The molecule has 4 rings (SSSR count). The average molecular weight is 502 g/mol. The maximum atomic E-state index is 12.7. The van der Waals surface area contributed by atoms with Gasteiger partial charge in [0.15, 0.2) is 12.4 Å². The van der Waals surface area contributed by atoms with Crippen molar-refractivity contribution in [3.8, 4) is 11.1 Å². The Balaban J connectivity index is 1.38. The zero-order valence-electron chi connectivity index (χ0n) is 20.5. The molecule has 1 atom stereocenters. The lowest BCUT2D eigenvalue weighted by Gasteiger charge is -2.18. The standard InChI is InChI=1S/C29H27NO7/c1-17-8-7-9-18(2)27(17)28(34)36-16-25(31)24(14-26(32)33)30-29(35)37-15-23-21-12-5-3-10-19(21)20-11-4-6-13-22(20)23/h3-13,23-24H,14-16H2,1-2H3,(H,30,35)(H,32,33)/t24-/m0/s1. The van der Waals surface area contributed by atoms with E-state index in [4.69, 9.17) is 9.47 Å². The number of hydrogen-bond acceptors (Lipinski definition) is 6. The molecule has 0 saturated carbocycles. The maximum Gasteiger partial charge on any atom is 0.407 e. The Morgan fingerprint density at radius 1 is 0.838 bits per heavy atom. The van der Waals surface area contributed by atoms with Crippen LogP contribution in [-0.4, -0.2) is 48.2 Å². The fraction of sp³-hybridized carbons (Fsp3) is 0.241. The van der Waals surface area contributed by atoms with E-state index >= 15 is 0 Å². The van der Waals surface area contributed by atoms with E-state index in [2.05, 4.69) is 5.32 Å². The van der Waals surface area contributed by atoms with Gasteiger partial charge in [-0.1, -0.05) is 66.7 Å². The number of ketones is 1. The van der Waals surface area contributed by atoms with Crippen LogP contribution in [-0.2, 0) is 19.1 Å². The van der Waals surface area contributed by atoms with E-state index in [1.54, 1.807) is 32.0 Å². The third kappa shape index (κ3) is 5.69. The van der Waals surface area contributed by atoms with Gasteiger partial charge in [0, 0.05) is 5.92 Å². The number of esters is 1. The van der Waals surface area contributed by atoms with Gasteiger partial charge in [0.05, 0.1) is 12.0 Å². The highest BCUT2D eigenvalue weighted by atomic mass is 16.6. The fourth-order valence-corrected chi connectivity index (χ4v) is 4.65. The van der Waals surface area contributed by atoms with E-state index in [9.17, 15) is 24.3 Å². The normalized spacial score (nSPS) is 12.7. The van der Waals surface area contributed by atoms with Gasteiger partial charge in [-0.2, -0.15) is 0 Å². The number of carboxylic acids is 1. The molecule has 1 amide bonds. The van der Waals surface area contributed by atoms with Gasteiger partial charge < -0.3 is 19.9 Å². The summed E-state index contributed by atoms with van der Waals surface area (Å²) in [4.78, 5) is 49.1. The quantitative estimate of drug-likeness (QED) is 0.417. The van der Waals surface area contributed by atoms with Crippen molar-refractivity contribution in [2.45, 2.75) is 32.2 Å². The van der Waals surface area contributed by atoms with E-state index in [0.29, 0.717) is 16.7 Å². The monoisotopic (exact) mass is 501 g/mol. The number of benzene rings is 3. The number of aliphatic carboxylic acids is 1. The molecule has 8 nitrogen and oxygen atoms in total. The molecule has 0 spiro atoms. The predicted molar refractivity (Wildman–Crippen MR) is 135 cm³/mol. The van der Waals surface area contributed by atoms with Crippen molar-refractivity contribution < 1.29 is 33.8 Å². The number of amides is 1. The number of Topliss-reactive ketones (excluding diaryl/α,β-unsaturated/α-hetero) is 1. The highest BCUT2D eigenvalue weighted by Crippen LogP contribution is 2.44. The van der Waals surface area contributed by atoms with Crippen molar-refractivity contribution in [1.82, 2.24) is 5.32 Å². The van der Waals surface area contributed by atoms with E-state index in [1.807, 2.05) is 48.5 Å². The molecular weight excluding hydrogens is 474 g/mol. The SMILES string of the molecule is Cc1cccc(C)c1C(=O)OCC(=O)[C@H](CC(=O)O)NC(=O)OCC1c2ccccc2-c2ccccc21. The molecule has 1 aliphatic rings. The second-order valence-electron chi connectivity index (χ2n) is 8.93. The smallest absolute Gasteiger partial charge is 0.407 e. The van der Waals surface area contributed by atoms with Gasteiger partial charge in [-0.05, 0) is 47.2 Å². The molecule has 0 unspecified atom stereocenters. The summed E-state index contributed by atoms with van der Waals surface area (Å²) in [7, 11) is 0. The molecule has 3 aromatic carbocycles. The zero-order valence-corrected chi connectivity index (χ0v) is 20.5. The lowest BCUT2D eigenvalue weighted by atomic mass is 9.98. The molecule has 0 aliphatic heterocycles. The van der Waals surface area contributed by atoms with Crippen LogP contribution in [0.4, 0.5) is 4.79 Å². The Morgan fingerprint density at radius 2 is 1.41 bits per heavy atom.